The smallest absolute Gasteiger partial charge is 0.407 e. The third kappa shape index (κ3) is 6.78. The van der Waals surface area contributed by atoms with E-state index in [0.717, 1.165) is 44.6 Å². The highest BCUT2D eigenvalue weighted by molar-refractivity contribution is 5.68. The molecule has 158 valence electrons. The fraction of sp³-hybridized carbons (Fsp3) is 0.545. The molecule has 1 aromatic carbocycles. The fourth-order valence-electron chi connectivity index (χ4n) is 3.91. The van der Waals surface area contributed by atoms with E-state index in [9.17, 15) is 9.59 Å². The maximum Gasteiger partial charge on any atom is 0.407 e. The predicted molar refractivity (Wildman–Crippen MR) is 113 cm³/mol. The van der Waals surface area contributed by atoms with E-state index in [4.69, 9.17) is 4.74 Å². The zero-order valence-corrected chi connectivity index (χ0v) is 17.5. The lowest BCUT2D eigenvalue weighted by molar-refractivity contribution is 0.0494. The number of nitrogens with one attached hydrogen (secondary N) is 3. The van der Waals surface area contributed by atoms with Crippen LogP contribution in [0.25, 0.3) is 0 Å². The maximum absolute atomic E-state index is 12.3. The molecule has 0 aliphatic carbocycles. The molecule has 3 rings (SSSR count). The van der Waals surface area contributed by atoms with Crippen LogP contribution >= 0.6 is 0 Å². The van der Waals surface area contributed by atoms with Crippen molar-refractivity contribution >= 4 is 6.09 Å². The number of carbonyl (C=O) groups is 1. The number of aromatic nitrogens is 2. The van der Waals surface area contributed by atoms with Crippen molar-refractivity contribution < 1.29 is 9.53 Å². The number of alkyl carbamates (subject to hydrolysis) is 1. The van der Waals surface area contributed by atoms with Crippen LogP contribution in [0, 0.1) is 5.92 Å². The van der Waals surface area contributed by atoms with E-state index >= 15 is 0 Å². The Morgan fingerprint density at radius 1 is 1.21 bits per heavy atom. The van der Waals surface area contributed by atoms with Crippen molar-refractivity contribution in [3.8, 4) is 0 Å². The van der Waals surface area contributed by atoms with E-state index in [0.29, 0.717) is 5.92 Å². The van der Waals surface area contributed by atoms with Gasteiger partial charge in [-0.25, -0.2) is 4.79 Å². The third-order valence-corrected chi connectivity index (χ3v) is 5.14. The predicted octanol–water partition coefficient (Wildman–Crippen LogP) is 3.05. The molecule has 1 aliphatic rings. The molecule has 2 heterocycles. The second-order valence-corrected chi connectivity index (χ2v) is 8.87. The summed E-state index contributed by atoms with van der Waals surface area (Å²) in [6.07, 6.45) is 2.37. The van der Waals surface area contributed by atoms with Gasteiger partial charge in [0.2, 0.25) is 0 Å². The third-order valence-electron chi connectivity index (χ3n) is 5.14. The summed E-state index contributed by atoms with van der Waals surface area (Å²) in [4.78, 5) is 26.0. The Bertz CT molecular complexity index is 837. The van der Waals surface area contributed by atoms with E-state index in [-0.39, 0.29) is 17.7 Å². The average Bonchev–Trinajstić information content (AvgIpc) is 3.20. The van der Waals surface area contributed by atoms with Crippen LogP contribution < -0.4 is 10.9 Å². The summed E-state index contributed by atoms with van der Waals surface area (Å²) in [6.45, 7) is 8.22. The first-order chi connectivity index (χ1) is 13.8. The number of hydrogen-bond donors (Lipinski definition) is 3. The molecule has 1 aromatic heterocycles. The van der Waals surface area contributed by atoms with Gasteiger partial charge in [-0.3, -0.25) is 14.8 Å². The lowest BCUT2D eigenvalue weighted by atomic mass is 9.96. The van der Waals surface area contributed by atoms with Gasteiger partial charge in [-0.1, -0.05) is 30.3 Å². The van der Waals surface area contributed by atoms with Gasteiger partial charge in [0.15, 0.2) is 0 Å². The number of amides is 1. The average molecular weight is 401 g/mol. The number of benzene rings is 1. The van der Waals surface area contributed by atoms with Crippen LogP contribution in [0.3, 0.4) is 0 Å². The summed E-state index contributed by atoms with van der Waals surface area (Å²) in [5.41, 5.74) is 1.58. The highest BCUT2D eigenvalue weighted by Gasteiger charge is 2.34. The number of likely N-dealkylation sites (tertiary alicyclic amines) is 1. The van der Waals surface area contributed by atoms with Gasteiger partial charge in [-0.05, 0) is 51.5 Å². The normalized spacial score (nSPS) is 20.0. The molecule has 7 nitrogen and oxygen atoms in total. The quantitative estimate of drug-likeness (QED) is 0.666. The Morgan fingerprint density at radius 3 is 2.62 bits per heavy atom. The number of aryl methyl sites for hydroxylation is 1. The second-order valence-electron chi connectivity index (χ2n) is 8.87. The van der Waals surface area contributed by atoms with Crippen molar-refractivity contribution in [1.82, 2.24) is 20.4 Å². The molecule has 7 heteroatoms. The van der Waals surface area contributed by atoms with Crippen molar-refractivity contribution in [2.24, 2.45) is 5.92 Å². The van der Waals surface area contributed by atoms with Crippen molar-refractivity contribution in [2.45, 2.75) is 58.2 Å². The molecule has 0 saturated carbocycles. The van der Waals surface area contributed by atoms with Gasteiger partial charge >= 0.3 is 6.09 Å². The van der Waals surface area contributed by atoms with Crippen LogP contribution in [0.5, 0.6) is 0 Å². The fourth-order valence-corrected chi connectivity index (χ4v) is 3.91. The minimum atomic E-state index is -0.512. The zero-order valence-electron chi connectivity index (χ0n) is 17.5. The molecule has 2 atom stereocenters. The SMILES string of the molecule is CC(C)(C)OC(=O)N[C@H]1CN(Cc2ccccc2)C[C@H]1CCCc1cc(=O)[nH][nH]1. The first-order valence-corrected chi connectivity index (χ1v) is 10.3. The lowest BCUT2D eigenvalue weighted by Gasteiger charge is -2.24. The van der Waals surface area contributed by atoms with Crippen LogP contribution in [-0.4, -0.2) is 45.9 Å². The first-order valence-electron chi connectivity index (χ1n) is 10.3. The summed E-state index contributed by atoms with van der Waals surface area (Å²) in [7, 11) is 0. The van der Waals surface area contributed by atoms with Gasteiger partial charge in [0.1, 0.15) is 5.60 Å². The summed E-state index contributed by atoms with van der Waals surface area (Å²) in [5, 5.41) is 8.57. The monoisotopic (exact) mass is 400 g/mol. The second kappa shape index (κ2) is 9.31. The number of aromatic amines is 2. The molecule has 0 spiro atoms. The molecule has 3 N–H and O–H groups in total. The first kappa shape index (κ1) is 21.2. The van der Waals surface area contributed by atoms with Gasteiger partial charge in [-0.15, -0.1) is 0 Å². The number of carbonyl (C=O) groups excluding carboxylic acids is 1. The van der Waals surface area contributed by atoms with E-state index in [1.807, 2.05) is 26.8 Å². The molecule has 0 unspecified atom stereocenters. The van der Waals surface area contributed by atoms with Gasteiger partial charge in [0, 0.05) is 37.4 Å². The van der Waals surface area contributed by atoms with Crippen LogP contribution in [0.1, 0.15) is 44.9 Å². The Kier molecular flexibility index (Phi) is 6.79. The van der Waals surface area contributed by atoms with Gasteiger partial charge in [0.25, 0.3) is 5.56 Å². The number of ether oxygens (including phenoxy) is 1. The van der Waals surface area contributed by atoms with Gasteiger partial charge in [0.05, 0.1) is 0 Å². The molecule has 29 heavy (non-hydrogen) atoms. The highest BCUT2D eigenvalue weighted by atomic mass is 16.6. The maximum atomic E-state index is 12.3. The van der Waals surface area contributed by atoms with E-state index in [1.54, 1.807) is 6.07 Å². The van der Waals surface area contributed by atoms with Crippen LogP contribution in [0.4, 0.5) is 4.79 Å². The number of rotatable bonds is 7. The van der Waals surface area contributed by atoms with Crippen LogP contribution in [0.2, 0.25) is 0 Å². The molecule has 1 fully saturated rings. The molecule has 1 saturated heterocycles. The molecular weight excluding hydrogens is 368 g/mol. The molecule has 0 bridgehead atoms. The van der Waals surface area contributed by atoms with E-state index in [1.165, 1.54) is 5.56 Å². The molecule has 1 aliphatic heterocycles. The molecule has 0 radical (unpaired) electrons. The number of H-pyrrole nitrogens is 2. The minimum absolute atomic E-state index is 0.0545. The van der Waals surface area contributed by atoms with E-state index < -0.39 is 5.60 Å². The molecule has 2 aromatic rings. The highest BCUT2D eigenvalue weighted by Crippen LogP contribution is 2.24. The zero-order chi connectivity index (χ0) is 20.9. The van der Waals surface area contributed by atoms with Crippen molar-refractivity contribution in [3.05, 3.63) is 58.0 Å². The molecule has 1 amide bonds. The van der Waals surface area contributed by atoms with Gasteiger partial charge < -0.3 is 15.2 Å². The minimum Gasteiger partial charge on any atom is -0.444 e. The van der Waals surface area contributed by atoms with E-state index in [2.05, 4.69) is 44.7 Å². The lowest BCUT2D eigenvalue weighted by Crippen LogP contribution is -2.43. The molecular formula is C22H32N4O3. The van der Waals surface area contributed by atoms with Crippen molar-refractivity contribution in [3.63, 3.8) is 0 Å². The summed E-state index contributed by atoms with van der Waals surface area (Å²) >= 11 is 0. The standard InChI is InChI=1S/C22H32N4O3/c1-22(2,3)29-21(28)23-19-15-26(13-16-8-5-4-6-9-16)14-17(19)10-7-11-18-12-20(27)25-24-18/h4-6,8-9,12,17,19H,7,10-11,13-15H2,1-3H3,(H,23,28)(H2,24,25,27)/t17-,19+/m1/s1. The Hall–Kier alpha value is -2.54. The van der Waals surface area contributed by atoms with Crippen LogP contribution in [0.15, 0.2) is 41.2 Å². The Balaban J connectivity index is 1.59. The topological polar surface area (TPSA) is 90.2 Å². The number of nitrogens with zero attached hydrogens (tertiary/aromatic N) is 1. The van der Waals surface area contributed by atoms with Crippen LogP contribution in [-0.2, 0) is 17.7 Å². The van der Waals surface area contributed by atoms with Crippen molar-refractivity contribution in [2.75, 3.05) is 13.1 Å². The Labute approximate surface area is 171 Å². The number of hydrogen-bond acceptors (Lipinski definition) is 4. The van der Waals surface area contributed by atoms with Crippen molar-refractivity contribution in [1.29, 1.82) is 0 Å². The van der Waals surface area contributed by atoms with Gasteiger partial charge in [-0.2, -0.15) is 0 Å². The summed E-state index contributed by atoms with van der Waals surface area (Å²) in [6, 6.07) is 12.0. The summed E-state index contributed by atoms with van der Waals surface area (Å²) < 4.78 is 5.47. The largest absolute Gasteiger partial charge is 0.444 e. The summed E-state index contributed by atoms with van der Waals surface area (Å²) in [5.74, 6) is 0.344. The Morgan fingerprint density at radius 2 is 1.97 bits per heavy atom.